The molecule has 6 nitrogen and oxygen atoms in total. The average Bonchev–Trinajstić information content (AvgIpc) is 2.60. The molecule has 0 aromatic heterocycles. The van der Waals surface area contributed by atoms with Crippen LogP contribution in [-0.2, 0) is 4.79 Å². The van der Waals surface area contributed by atoms with Gasteiger partial charge in [0.2, 0.25) is 5.91 Å². The van der Waals surface area contributed by atoms with Crippen molar-refractivity contribution in [3.8, 4) is 11.5 Å². The van der Waals surface area contributed by atoms with Gasteiger partial charge in [-0.3, -0.25) is 9.59 Å². The third-order valence-electron chi connectivity index (χ3n) is 3.82. The maximum atomic E-state index is 12.6. The van der Waals surface area contributed by atoms with Gasteiger partial charge < -0.3 is 19.7 Å². The number of anilines is 1. The van der Waals surface area contributed by atoms with E-state index in [1.807, 2.05) is 24.3 Å². The fourth-order valence-corrected chi connectivity index (χ4v) is 2.70. The fourth-order valence-electron chi connectivity index (χ4n) is 2.70. The van der Waals surface area contributed by atoms with Gasteiger partial charge in [0.25, 0.3) is 5.91 Å². The molecule has 2 aromatic rings. The highest BCUT2D eigenvalue weighted by molar-refractivity contribution is 5.96. The number of para-hydroxylation sites is 2. The Hall–Kier alpha value is -3.02. The molecule has 1 aliphatic heterocycles. The Morgan fingerprint density at radius 3 is 2.68 bits per heavy atom. The molecule has 1 N–H and O–H groups in total. The number of nitrogens with zero attached hydrogens (tertiary/aromatic N) is 1. The van der Waals surface area contributed by atoms with Crippen molar-refractivity contribution in [2.75, 3.05) is 25.5 Å². The highest BCUT2D eigenvalue weighted by atomic mass is 16.6. The van der Waals surface area contributed by atoms with E-state index < -0.39 is 0 Å². The van der Waals surface area contributed by atoms with Gasteiger partial charge in [-0.2, -0.15) is 0 Å². The van der Waals surface area contributed by atoms with Crippen molar-refractivity contribution in [3.05, 3.63) is 54.1 Å². The molecule has 2 aromatic carbocycles. The van der Waals surface area contributed by atoms with Crippen LogP contribution in [0.15, 0.2) is 48.5 Å². The normalized spacial score (nSPS) is 15.4. The first kappa shape index (κ1) is 16.8. The van der Waals surface area contributed by atoms with Crippen molar-refractivity contribution in [2.24, 2.45) is 0 Å². The van der Waals surface area contributed by atoms with E-state index in [9.17, 15) is 9.59 Å². The minimum Gasteiger partial charge on any atom is -0.486 e. The standard InChI is InChI=1S/C19H20N2O4/c1-13(22)20-15-7-5-6-14(10-15)19(23)21(2)11-16-12-24-17-8-3-4-9-18(17)25-16/h3-10,16H,11-12H2,1-2H3,(H,20,22). The van der Waals surface area contributed by atoms with Crippen LogP contribution in [0.5, 0.6) is 11.5 Å². The first-order valence-electron chi connectivity index (χ1n) is 8.04. The van der Waals surface area contributed by atoms with Crippen LogP contribution in [0, 0.1) is 0 Å². The lowest BCUT2D eigenvalue weighted by atomic mass is 10.1. The zero-order chi connectivity index (χ0) is 17.8. The van der Waals surface area contributed by atoms with Gasteiger partial charge in [-0.1, -0.05) is 18.2 Å². The number of nitrogens with one attached hydrogen (secondary N) is 1. The molecule has 130 valence electrons. The van der Waals surface area contributed by atoms with Crippen molar-refractivity contribution in [3.63, 3.8) is 0 Å². The fraction of sp³-hybridized carbons (Fsp3) is 0.263. The SMILES string of the molecule is CC(=O)Nc1cccc(C(=O)N(C)CC2COc3ccccc3O2)c1. The maximum absolute atomic E-state index is 12.6. The topological polar surface area (TPSA) is 67.9 Å². The largest absolute Gasteiger partial charge is 0.486 e. The second-order valence-electron chi connectivity index (χ2n) is 5.95. The van der Waals surface area contributed by atoms with Crippen LogP contribution in [0.1, 0.15) is 17.3 Å². The number of benzene rings is 2. The van der Waals surface area contributed by atoms with E-state index in [0.29, 0.717) is 30.2 Å². The highest BCUT2D eigenvalue weighted by Gasteiger charge is 2.24. The summed E-state index contributed by atoms with van der Waals surface area (Å²) in [6, 6.07) is 14.3. The summed E-state index contributed by atoms with van der Waals surface area (Å²) < 4.78 is 11.6. The molecule has 1 unspecified atom stereocenters. The number of ether oxygens (including phenoxy) is 2. The van der Waals surface area contributed by atoms with Gasteiger partial charge >= 0.3 is 0 Å². The molecule has 0 spiro atoms. The molecule has 25 heavy (non-hydrogen) atoms. The van der Waals surface area contributed by atoms with Crippen LogP contribution in [0.4, 0.5) is 5.69 Å². The van der Waals surface area contributed by atoms with Crippen LogP contribution in [-0.4, -0.2) is 43.0 Å². The second kappa shape index (κ2) is 7.25. The Morgan fingerprint density at radius 1 is 1.16 bits per heavy atom. The lowest BCUT2D eigenvalue weighted by Gasteiger charge is -2.29. The molecule has 1 heterocycles. The van der Waals surface area contributed by atoms with Crippen LogP contribution >= 0.6 is 0 Å². The Morgan fingerprint density at radius 2 is 1.92 bits per heavy atom. The zero-order valence-corrected chi connectivity index (χ0v) is 14.2. The van der Waals surface area contributed by atoms with E-state index in [-0.39, 0.29) is 17.9 Å². The summed E-state index contributed by atoms with van der Waals surface area (Å²) in [7, 11) is 1.72. The van der Waals surface area contributed by atoms with E-state index >= 15 is 0 Å². The van der Waals surface area contributed by atoms with Crippen LogP contribution in [0.2, 0.25) is 0 Å². The maximum Gasteiger partial charge on any atom is 0.253 e. The molecule has 1 aliphatic rings. The van der Waals surface area contributed by atoms with Gasteiger partial charge in [0.05, 0.1) is 6.54 Å². The summed E-state index contributed by atoms with van der Waals surface area (Å²) in [5, 5.41) is 2.68. The molecular formula is C19H20N2O4. The van der Waals surface area contributed by atoms with Crippen molar-refractivity contribution in [1.82, 2.24) is 4.90 Å². The summed E-state index contributed by atoms with van der Waals surface area (Å²) in [5.41, 5.74) is 1.10. The highest BCUT2D eigenvalue weighted by Crippen LogP contribution is 2.31. The number of hydrogen-bond acceptors (Lipinski definition) is 4. The first-order chi connectivity index (χ1) is 12.0. The van der Waals surface area contributed by atoms with Gasteiger partial charge in [0.15, 0.2) is 17.6 Å². The van der Waals surface area contributed by atoms with Gasteiger partial charge in [-0.25, -0.2) is 0 Å². The third kappa shape index (κ3) is 4.09. The van der Waals surface area contributed by atoms with E-state index in [1.165, 1.54) is 6.92 Å². The molecule has 0 radical (unpaired) electrons. The molecule has 0 saturated heterocycles. The molecule has 6 heteroatoms. The van der Waals surface area contributed by atoms with E-state index in [0.717, 1.165) is 5.75 Å². The monoisotopic (exact) mass is 340 g/mol. The van der Waals surface area contributed by atoms with Crippen molar-refractivity contribution >= 4 is 17.5 Å². The quantitative estimate of drug-likeness (QED) is 0.929. The molecule has 0 aliphatic carbocycles. The minimum absolute atomic E-state index is 0.144. The number of rotatable bonds is 4. The molecule has 1 atom stereocenters. The van der Waals surface area contributed by atoms with Gasteiger partial charge in [0, 0.05) is 25.2 Å². The predicted molar refractivity (Wildman–Crippen MR) is 94.1 cm³/mol. The Balaban J connectivity index is 1.64. The summed E-state index contributed by atoms with van der Waals surface area (Å²) in [4.78, 5) is 25.4. The molecule has 3 rings (SSSR count). The van der Waals surface area contributed by atoms with E-state index in [2.05, 4.69) is 5.32 Å². The van der Waals surface area contributed by atoms with Crippen molar-refractivity contribution in [1.29, 1.82) is 0 Å². The van der Waals surface area contributed by atoms with Crippen LogP contribution in [0.3, 0.4) is 0 Å². The summed E-state index contributed by atoms with van der Waals surface area (Å²) in [5.74, 6) is 1.09. The van der Waals surface area contributed by atoms with Crippen LogP contribution in [0.25, 0.3) is 0 Å². The van der Waals surface area contributed by atoms with Crippen molar-refractivity contribution in [2.45, 2.75) is 13.0 Å². The lowest BCUT2D eigenvalue weighted by molar-refractivity contribution is -0.114. The molecule has 0 saturated carbocycles. The predicted octanol–water partition coefficient (Wildman–Crippen LogP) is 2.56. The Bertz CT molecular complexity index is 790. The third-order valence-corrected chi connectivity index (χ3v) is 3.82. The first-order valence-corrected chi connectivity index (χ1v) is 8.04. The average molecular weight is 340 g/mol. The Kier molecular flexibility index (Phi) is 4.88. The number of carbonyl (C=O) groups excluding carboxylic acids is 2. The molecular weight excluding hydrogens is 320 g/mol. The number of amides is 2. The number of fused-ring (bicyclic) bond motifs is 1. The van der Waals surface area contributed by atoms with Gasteiger partial charge in [0.1, 0.15) is 6.61 Å². The Labute approximate surface area is 146 Å². The van der Waals surface area contributed by atoms with Gasteiger partial charge in [-0.05, 0) is 30.3 Å². The summed E-state index contributed by atoms with van der Waals surface area (Å²) in [6.07, 6.45) is -0.234. The number of hydrogen-bond donors (Lipinski definition) is 1. The van der Waals surface area contributed by atoms with E-state index in [1.54, 1.807) is 36.2 Å². The number of likely N-dealkylation sites (N-methyl/N-ethyl adjacent to an activating group) is 1. The smallest absolute Gasteiger partial charge is 0.253 e. The van der Waals surface area contributed by atoms with Crippen LogP contribution < -0.4 is 14.8 Å². The zero-order valence-electron chi connectivity index (χ0n) is 14.2. The summed E-state index contributed by atoms with van der Waals surface area (Å²) >= 11 is 0. The second-order valence-corrected chi connectivity index (χ2v) is 5.95. The number of carbonyl (C=O) groups is 2. The minimum atomic E-state index is -0.234. The summed E-state index contributed by atoms with van der Waals surface area (Å²) in [6.45, 7) is 2.22. The van der Waals surface area contributed by atoms with Crippen molar-refractivity contribution < 1.29 is 19.1 Å². The lowest BCUT2D eigenvalue weighted by Crippen LogP contribution is -2.41. The van der Waals surface area contributed by atoms with Gasteiger partial charge in [-0.15, -0.1) is 0 Å². The molecule has 0 fully saturated rings. The molecule has 2 amide bonds. The molecule has 0 bridgehead atoms. The van der Waals surface area contributed by atoms with E-state index in [4.69, 9.17) is 9.47 Å².